The normalized spacial score (nSPS) is 12.3. The van der Waals surface area contributed by atoms with Crippen molar-refractivity contribution < 1.29 is 0 Å². The Balaban J connectivity index is 2.27. The number of hydrogen-bond donors (Lipinski definition) is 1. The molecule has 18 heavy (non-hydrogen) atoms. The molecule has 0 fully saturated rings. The molecule has 6 heteroatoms. The van der Waals surface area contributed by atoms with E-state index in [9.17, 15) is 0 Å². The molecule has 1 unspecified atom stereocenters. The number of rotatable bonds is 4. The minimum absolute atomic E-state index is 0.198. The fourth-order valence-corrected chi connectivity index (χ4v) is 1.94. The van der Waals surface area contributed by atoms with Gasteiger partial charge in [0.15, 0.2) is 5.65 Å². The maximum absolute atomic E-state index is 5.56. The Labute approximate surface area is 111 Å². The standard InChI is InChI=1S/C12H15N5S/c1-8(7-10(13)18)17(2)11-4-3-9-12(16-11)15-6-5-14-9/h3-6,8H,7H2,1-2H3,(H2,13,18). The van der Waals surface area contributed by atoms with Crippen molar-refractivity contribution in [1.82, 2.24) is 15.0 Å². The van der Waals surface area contributed by atoms with Crippen LogP contribution in [0, 0.1) is 0 Å². The van der Waals surface area contributed by atoms with Gasteiger partial charge in [-0.3, -0.25) is 4.98 Å². The van der Waals surface area contributed by atoms with Crippen LogP contribution in [0.4, 0.5) is 5.82 Å². The molecule has 0 saturated carbocycles. The lowest BCUT2D eigenvalue weighted by Gasteiger charge is -2.25. The smallest absolute Gasteiger partial charge is 0.180 e. The second-order valence-corrected chi connectivity index (χ2v) is 4.72. The fourth-order valence-electron chi connectivity index (χ4n) is 1.69. The summed E-state index contributed by atoms with van der Waals surface area (Å²) >= 11 is 4.93. The van der Waals surface area contributed by atoms with E-state index in [-0.39, 0.29) is 6.04 Å². The molecule has 0 aliphatic carbocycles. The summed E-state index contributed by atoms with van der Waals surface area (Å²) in [6.45, 7) is 2.06. The molecule has 2 heterocycles. The summed E-state index contributed by atoms with van der Waals surface area (Å²) in [4.78, 5) is 15.4. The van der Waals surface area contributed by atoms with Gasteiger partial charge in [-0.25, -0.2) is 9.97 Å². The van der Waals surface area contributed by atoms with E-state index in [4.69, 9.17) is 18.0 Å². The van der Waals surface area contributed by atoms with Gasteiger partial charge >= 0.3 is 0 Å². The summed E-state index contributed by atoms with van der Waals surface area (Å²) in [5.74, 6) is 0.840. The van der Waals surface area contributed by atoms with Gasteiger partial charge in [0.25, 0.3) is 0 Å². The molecular formula is C12H15N5S. The summed E-state index contributed by atoms with van der Waals surface area (Å²) < 4.78 is 0. The first kappa shape index (κ1) is 12.6. The van der Waals surface area contributed by atoms with E-state index in [2.05, 4.69) is 21.9 Å². The van der Waals surface area contributed by atoms with Crippen molar-refractivity contribution in [2.45, 2.75) is 19.4 Å². The minimum Gasteiger partial charge on any atom is -0.393 e. The van der Waals surface area contributed by atoms with E-state index >= 15 is 0 Å². The Morgan fingerprint density at radius 1 is 1.39 bits per heavy atom. The maximum atomic E-state index is 5.56. The van der Waals surface area contributed by atoms with Crippen LogP contribution in [0.5, 0.6) is 0 Å². The monoisotopic (exact) mass is 261 g/mol. The van der Waals surface area contributed by atoms with Gasteiger partial charge in [0.1, 0.15) is 11.3 Å². The molecule has 0 spiro atoms. The van der Waals surface area contributed by atoms with Crippen molar-refractivity contribution in [3.8, 4) is 0 Å². The second-order valence-electron chi connectivity index (χ2n) is 4.20. The van der Waals surface area contributed by atoms with Crippen LogP contribution in [0.1, 0.15) is 13.3 Å². The average Bonchev–Trinajstić information content (AvgIpc) is 2.36. The highest BCUT2D eigenvalue weighted by Gasteiger charge is 2.12. The number of hydrogen-bond acceptors (Lipinski definition) is 5. The molecule has 2 aromatic rings. The van der Waals surface area contributed by atoms with Crippen LogP contribution in [0.15, 0.2) is 24.5 Å². The number of anilines is 1. The molecule has 0 saturated heterocycles. The number of nitrogens with zero attached hydrogens (tertiary/aromatic N) is 4. The number of pyridine rings is 1. The van der Waals surface area contributed by atoms with Crippen LogP contribution in [0.2, 0.25) is 0 Å². The van der Waals surface area contributed by atoms with Crippen LogP contribution >= 0.6 is 12.2 Å². The molecule has 0 aliphatic rings. The fraction of sp³-hybridized carbons (Fsp3) is 0.333. The van der Waals surface area contributed by atoms with Crippen LogP contribution in [-0.2, 0) is 0 Å². The zero-order valence-corrected chi connectivity index (χ0v) is 11.2. The van der Waals surface area contributed by atoms with E-state index in [1.54, 1.807) is 12.4 Å². The molecular weight excluding hydrogens is 246 g/mol. The molecule has 1 atom stereocenters. The van der Waals surface area contributed by atoms with E-state index in [0.29, 0.717) is 17.1 Å². The quantitative estimate of drug-likeness (QED) is 0.842. The maximum Gasteiger partial charge on any atom is 0.180 e. The topological polar surface area (TPSA) is 67.9 Å². The third kappa shape index (κ3) is 2.70. The summed E-state index contributed by atoms with van der Waals surface area (Å²) in [6, 6.07) is 4.03. The van der Waals surface area contributed by atoms with Gasteiger partial charge < -0.3 is 10.6 Å². The van der Waals surface area contributed by atoms with E-state index in [1.807, 2.05) is 24.1 Å². The highest BCUT2D eigenvalue weighted by Crippen LogP contribution is 2.16. The van der Waals surface area contributed by atoms with Crippen LogP contribution in [-0.4, -0.2) is 33.0 Å². The van der Waals surface area contributed by atoms with E-state index < -0.39 is 0 Å². The molecule has 5 nitrogen and oxygen atoms in total. The Morgan fingerprint density at radius 3 is 2.83 bits per heavy atom. The van der Waals surface area contributed by atoms with E-state index in [0.717, 1.165) is 11.3 Å². The van der Waals surface area contributed by atoms with Gasteiger partial charge in [-0.15, -0.1) is 0 Å². The predicted molar refractivity (Wildman–Crippen MR) is 76.6 cm³/mol. The van der Waals surface area contributed by atoms with Crippen molar-refractivity contribution in [3.05, 3.63) is 24.5 Å². The van der Waals surface area contributed by atoms with Gasteiger partial charge in [-0.05, 0) is 19.1 Å². The molecule has 2 rings (SSSR count). The van der Waals surface area contributed by atoms with Crippen molar-refractivity contribution >= 4 is 34.2 Å². The first-order chi connectivity index (χ1) is 8.58. The van der Waals surface area contributed by atoms with Gasteiger partial charge in [0.2, 0.25) is 0 Å². The molecule has 2 N–H and O–H groups in total. The number of thiocarbonyl (C=S) groups is 1. The number of nitrogens with two attached hydrogens (primary N) is 1. The molecule has 0 radical (unpaired) electrons. The Morgan fingerprint density at radius 2 is 2.11 bits per heavy atom. The largest absolute Gasteiger partial charge is 0.393 e. The Bertz CT molecular complexity index is 571. The van der Waals surface area contributed by atoms with Crippen molar-refractivity contribution in [1.29, 1.82) is 0 Å². The average molecular weight is 261 g/mol. The summed E-state index contributed by atoms with van der Waals surface area (Å²) in [5, 5.41) is 0. The van der Waals surface area contributed by atoms with Crippen LogP contribution in [0.3, 0.4) is 0 Å². The SMILES string of the molecule is CC(CC(N)=S)N(C)c1ccc2nccnc2n1. The van der Waals surface area contributed by atoms with Gasteiger partial charge in [0, 0.05) is 31.9 Å². The second kappa shape index (κ2) is 5.22. The molecule has 0 amide bonds. The molecule has 0 aliphatic heterocycles. The lowest BCUT2D eigenvalue weighted by molar-refractivity contribution is 0.706. The zero-order chi connectivity index (χ0) is 13.1. The zero-order valence-electron chi connectivity index (χ0n) is 10.4. The molecule has 2 aromatic heterocycles. The lowest BCUT2D eigenvalue weighted by atomic mass is 10.2. The summed E-state index contributed by atoms with van der Waals surface area (Å²) in [5.41, 5.74) is 6.99. The number of fused-ring (bicyclic) bond motifs is 1. The lowest BCUT2D eigenvalue weighted by Crippen LogP contribution is -2.33. The predicted octanol–water partition coefficient (Wildman–Crippen LogP) is 1.53. The summed E-state index contributed by atoms with van der Waals surface area (Å²) in [7, 11) is 1.97. The Hall–Kier alpha value is -1.82. The van der Waals surface area contributed by atoms with Crippen LogP contribution in [0.25, 0.3) is 11.2 Å². The van der Waals surface area contributed by atoms with Gasteiger partial charge in [0.05, 0.1) is 4.99 Å². The third-order valence-electron chi connectivity index (χ3n) is 2.84. The Kier molecular flexibility index (Phi) is 3.66. The van der Waals surface area contributed by atoms with Crippen molar-refractivity contribution in [2.24, 2.45) is 5.73 Å². The molecule has 0 bridgehead atoms. The van der Waals surface area contributed by atoms with Gasteiger partial charge in [-0.1, -0.05) is 12.2 Å². The van der Waals surface area contributed by atoms with Crippen LogP contribution < -0.4 is 10.6 Å². The minimum atomic E-state index is 0.198. The van der Waals surface area contributed by atoms with Crippen molar-refractivity contribution in [2.75, 3.05) is 11.9 Å². The first-order valence-corrected chi connectivity index (χ1v) is 6.07. The highest BCUT2D eigenvalue weighted by atomic mass is 32.1. The van der Waals surface area contributed by atoms with Crippen molar-refractivity contribution in [3.63, 3.8) is 0 Å². The molecule has 94 valence electrons. The first-order valence-electron chi connectivity index (χ1n) is 5.67. The molecule has 0 aromatic carbocycles. The summed E-state index contributed by atoms with van der Waals surface area (Å²) in [6.07, 6.45) is 3.95. The van der Waals surface area contributed by atoms with Gasteiger partial charge in [-0.2, -0.15) is 0 Å². The van der Waals surface area contributed by atoms with E-state index in [1.165, 1.54) is 0 Å². The third-order valence-corrected chi connectivity index (χ3v) is 3.00. The highest BCUT2D eigenvalue weighted by molar-refractivity contribution is 7.80. The number of aromatic nitrogens is 3.